The van der Waals surface area contributed by atoms with Gasteiger partial charge in [0.1, 0.15) is 17.2 Å². The molecule has 0 saturated heterocycles. The molecule has 1 amide bonds. The molecule has 3 rings (SSSR count). The number of hydrogen-bond acceptors (Lipinski definition) is 4. The maximum Gasteiger partial charge on any atom is 0.226 e. The van der Waals surface area contributed by atoms with E-state index < -0.39 is 5.41 Å². The van der Waals surface area contributed by atoms with Gasteiger partial charge < -0.3 is 19.5 Å². The summed E-state index contributed by atoms with van der Waals surface area (Å²) in [6.45, 7) is 13.2. The molecule has 1 aliphatic rings. The van der Waals surface area contributed by atoms with E-state index in [9.17, 15) is 4.79 Å². The molecule has 1 N–H and O–H groups in total. The normalized spacial score (nSPS) is 18.4. The number of nitrogens with one attached hydrogen (secondary N) is 1. The third kappa shape index (κ3) is 5.94. The van der Waals surface area contributed by atoms with Crippen molar-refractivity contribution in [2.45, 2.75) is 72.8 Å². The lowest BCUT2D eigenvalue weighted by atomic mass is 9.63. The Hall–Kier alpha value is -2.69. The molecule has 2 aromatic carbocycles. The van der Waals surface area contributed by atoms with Crippen molar-refractivity contribution >= 4 is 5.91 Å². The molecule has 1 unspecified atom stereocenters. The summed E-state index contributed by atoms with van der Waals surface area (Å²) in [7, 11) is 4.89. The molecule has 0 aliphatic heterocycles. The number of rotatable bonds is 8. The largest absolute Gasteiger partial charge is 0.496 e. The average Bonchev–Trinajstić information content (AvgIpc) is 2.77. The summed E-state index contributed by atoms with van der Waals surface area (Å²) in [5, 5.41) is 3.44. The van der Waals surface area contributed by atoms with Gasteiger partial charge in [-0.1, -0.05) is 71.9 Å². The van der Waals surface area contributed by atoms with Gasteiger partial charge in [0.2, 0.25) is 5.91 Å². The minimum absolute atomic E-state index is 0.0322. The number of amides is 1. The molecule has 0 heterocycles. The molecule has 192 valence electrons. The summed E-state index contributed by atoms with van der Waals surface area (Å²) in [6, 6.07) is 14.0. The van der Waals surface area contributed by atoms with Gasteiger partial charge in [0.05, 0.1) is 26.7 Å². The lowest BCUT2D eigenvalue weighted by Crippen LogP contribution is -2.50. The molecule has 1 atom stereocenters. The van der Waals surface area contributed by atoms with Gasteiger partial charge in [0, 0.05) is 29.7 Å². The van der Waals surface area contributed by atoms with Crippen LogP contribution in [0.4, 0.5) is 0 Å². The lowest BCUT2D eigenvalue weighted by molar-refractivity contribution is -0.131. The standard InChI is InChI=1S/C30H43NO4/c1-28(2)17-21(18-29(3,4)19-28)31-27(32)30(5,6)26(20-13-11-10-12-14-20)25-23(34-8)15-22(33-7)16-24(25)35-9/h10-16,21,26H,17-19H2,1-9H3,(H,31,32). The summed E-state index contributed by atoms with van der Waals surface area (Å²) < 4.78 is 17.1. The van der Waals surface area contributed by atoms with Crippen LogP contribution in [-0.2, 0) is 4.79 Å². The number of carbonyl (C=O) groups excluding carboxylic acids is 1. The van der Waals surface area contributed by atoms with E-state index in [1.807, 2.05) is 44.2 Å². The van der Waals surface area contributed by atoms with E-state index in [0.29, 0.717) is 17.2 Å². The van der Waals surface area contributed by atoms with E-state index in [1.54, 1.807) is 21.3 Å². The smallest absolute Gasteiger partial charge is 0.226 e. The van der Waals surface area contributed by atoms with Crippen LogP contribution in [0.15, 0.2) is 42.5 Å². The van der Waals surface area contributed by atoms with Crippen molar-refractivity contribution in [2.24, 2.45) is 16.2 Å². The first-order valence-electron chi connectivity index (χ1n) is 12.5. The minimum Gasteiger partial charge on any atom is -0.496 e. The molecule has 0 bridgehead atoms. The van der Waals surface area contributed by atoms with Crippen LogP contribution in [0.5, 0.6) is 17.2 Å². The molecule has 0 aromatic heterocycles. The van der Waals surface area contributed by atoms with Gasteiger partial charge in [-0.05, 0) is 35.7 Å². The van der Waals surface area contributed by atoms with Crippen LogP contribution in [0.1, 0.15) is 77.8 Å². The first-order chi connectivity index (χ1) is 16.3. The van der Waals surface area contributed by atoms with Crippen molar-refractivity contribution < 1.29 is 19.0 Å². The Morgan fingerprint density at radius 1 is 0.914 bits per heavy atom. The van der Waals surface area contributed by atoms with Crippen LogP contribution in [0, 0.1) is 16.2 Å². The number of hydrogen-bond donors (Lipinski definition) is 1. The highest BCUT2D eigenvalue weighted by Crippen LogP contribution is 2.50. The number of benzene rings is 2. The topological polar surface area (TPSA) is 56.8 Å². The predicted molar refractivity (Wildman–Crippen MR) is 142 cm³/mol. The van der Waals surface area contributed by atoms with E-state index in [0.717, 1.165) is 30.4 Å². The minimum atomic E-state index is -0.789. The zero-order valence-corrected chi connectivity index (χ0v) is 23.0. The van der Waals surface area contributed by atoms with Crippen LogP contribution in [0.2, 0.25) is 0 Å². The number of carbonyl (C=O) groups is 1. The molecule has 1 saturated carbocycles. The summed E-state index contributed by atoms with van der Waals surface area (Å²) in [6.07, 6.45) is 3.11. The van der Waals surface area contributed by atoms with Crippen LogP contribution in [-0.4, -0.2) is 33.3 Å². The quantitative estimate of drug-likeness (QED) is 0.462. The molecular formula is C30H43NO4. The van der Waals surface area contributed by atoms with E-state index in [2.05, 4.69) is 45.1 Å². The summed E-state index contributed by atoms with van der Waals surface area (Å²) in [4.78, 5) is 14.0. The van der Waals surface area contributed by atoms with Crippen LogP contribution < -0.4 is 19.5 Å². The average molecular weight is 482 g/mol. The molecular weight excluding hydrogens is 438 g/mol. The number of ether oxygens (including phenoxy) is 3. The first kappa shape index (κ1) is 26.9. The van der Waals surface area contributed by atoms with Gasteiger partial charge in [-0.25, -0.2) is 0 Å². The van der Waals surface area contributed by atoms with Crippen molar-refractivity contribution in [3.8, 4) is 17.2 Å². The second kappa shape index (κ2) is 10.1. The Labute approximate surface area is 211 Å². The van der Waals surface area contributed by atoms with Crippen LogP contribution in [0.3, 0.4) is 0 Å². The second-order valence-electron chi connectivity index (χ2n) is 12.1. The Balaban J connectivity index is 2.08. The van der Waals surface area contributed by atoms with Crippen molar-refractivity contribution in [3.63, 3.8) is 0 Å². The monoisotopic (exact) mass is 481 g/mol. The first-order valence-corrected chi connectivity index (χ1v) is 12.5. The Kier molecular flexibility index (Phi) is 7.78. The maximum atomic E-state index is 14.0. The molecule has 0 radical (unpaired) electrons. The fourth-order valence-corrected chi connectivity index (χ4v) is 6.36. The van der Waals surface area contributed by atoms with Crippen molar-refractivity contribution in [3.05, 3.63) is 53.6 Å². The van der Waals surface area contributed by atoms with Crippen LogP contribution in [0.25, 0.3) is 0 Å². The van der Waals surface area contributed by atoms with Gasteiger partial charge in [-0.3, -0.25) is 4.79 Å². The van der Waals surface area contributed by atoms with E-state index in [1.165, 1.54) is 0 Å². The SMILES string of the molecule is COc1cc(OC)c(C(c2ccccc2)C(C)(C)C(=O)NC2CC(C)(C)CC(C)(C)C2)c(OC)c1. The lowest BCUT2D eigenvalue weighted by Gasteiger charge is -2.46. The zero-order chi connectivity index (χ0) is 26.0. The Bertz CT molecular complexity index is 985. The number of methoxy groups -OCH3 is 3. The highest BCUT2D eigenvalue weighted by Gasteiger charge is 2.45. The predicted octanol–water partition coefficient (Wildman–Crippen LogP) is 6.59. The Morgan fingerprint density at radius 2 is 1.43 bits per heavy atom. The molecule has 1 fully saturated rings. The van der Waals surface area contributed by atoms with Gasteiger partial charge in [-0.15, -0.1) is 0 Å². The van der Waals surface area contributed by atoms with Gasteiger partial charge in [0.25, 0.3) is 0 Å². The van der Waals surface area contributed by atoms with Crippen molar-refractivity contribution in [1.29, 1.82) is 0 Å². The fourth-order valence-electron chi connectivity index (χ4n) is 6.36. The van der Waals surface area contributed by atoms with Crippen molar-refractivity contribution in [1.82, 2.24) is 5.32 Å². The maximum absolute atomic E-state index is 14.0. The second-order valence-corrected chi connectivity index (χ2v) is 12.1. The molecule has 35 heavy (non-hydrogen) atoms. The third-order valence-electron chi connectivity index (χ3n) is 7.37. The highest BCUT2D eigenvalue weighted by atomic mass is 16.5. The fraction of sp³-hybridized carbons (Fsp3) is 0.567. The van der Waals surface area contributed by atoms with E-state index in [4.69, 9.17) is 14.2 Å². The Morgan fingerprint density at radius 3 is 1.89 bits per heavy atom. The third-order valence-corrected chi connectivity index (χ3v) is 7.37. The molecule has 2 aromatic rings. The van der Waals surface area contributed by atoms with E-state index in [-0.39, 0.29) is 28.7 Å². The molecule has 5 heteroatoms. The zero-order valence-electron chi connectivity index (χ0n) is 23.0. The molecule has 0 spiro atoms. The van der Waals surface area contributed by atoms with Crippen LogP contribution >= 0.6 is 0 Å². The highest BCUT2D eigenvalue weighted by molar-refractivity contribution is 5.84. The summed E-state index contributed by atoms with van der Waals surface area (Å²) >= 11 is 0. The summed E-state index contributed by atoms with van der Waals surface area (Å²) in [5.74, 6) is 1.64. The van der Waals surface area contributed by atoms with Crippen molar-refractivity contribution in [2.75, 3.05) is 21.3 Å². The summed E-state index contributed by atoms with van der Waals surface area (Å²) in [5.41, 5.74) is 1.45. The van der Waals surface area contributed by atoms with Gasteiger partial charge in [0.15, 0.2) is 0 Å². The van der Waals surface area contributed by atoms with Gasteiger partial charge >= 0.3 is 0 Å². The molecule has 1 aliphatic carbocycles. The van der Waals surface area contributed by atoms with Gasteiger partial charge in [-0.2, -0.15) is 0 Å². The molecule has 5 nitrogen and oxygen atoms in total. The van der Waals surface area contributed by atoms with E-state index >= 15 is 0 Å².